The highest BCUT2D eigenvalue weighted by Gasteiger charge is 1.74. The van der Waals surface area contributed by atoms with E-state index in [0.717, 1.165) is 37.4 Å². The van der Waals surface area contributed by atoms with Gasteiger partial charge in [0.1, 0.15) is 0 Å². The summed E-state index contributed by atoms with van der Waals surface area (Å²) < 4.78 is 0. The first-order chi connectivity index (χ1) is 8.91. The summed E-state index contributed by atoms with van der Waals surface area (Å²) in [4.78, 5) is 0. The molecule has 18 heavy (non-hydrogen) atoms. The molecule has 0 fully saturated rings. The van der Waals surface area contributed by atoms with Gasteiger partial charge < -0.3 is 0 Å². The topological polar surface area (TPSA) is 0 Å². The van der Waals surface area contributed by atoms with Crippen LogP contribution < -0.4 is 0 Å². The molecule has 0 rings (SSSR count). The van der Waals surface area contributed by atoms with Gasteiger partial charge in [-0.1, -0.05) is 83.6 Å². The minimum absolute atomic E-state index is 0.945. The van der Waals surface area contributed by atoms with Crippen molar-refractivity contribution < 1.29 is 0 Å². The van der Waals surface area contributed by atoms with Gasteiger partial charge in [-0.25, -0.2) is 0 Å². The summed E-state index contributed by atoms with van der Waals surface area (Å²) in [7, 11) is 0. The van der Waals surface area contributed by atoms with Crippen LogP contribution in [-0.4, -0.2) is 5.33 Å². The molecule has 0 heterocycles. The highest BCUT2D eigenvalue weighted by molar-refractivity contribution is 9.09. The van der Waals surface area contributed by atoms with E-state index in [0.29, 0.717) is 0 Å². The van der Waals surface area contributed by atoms with Gasteiger partial charge in [0.2, 0.25) is 0 Å². The van der Waals surface area contributed by atoms with E-state index in [4.69, 9.17) is 0 Å². The first-order valence-corrected chi connectivity index (χ1v) is 7.84. The Bertz CT molecular complexity index is 263. The summed E-state index contributed by atoms with van der Waals surface area (Å²) in [6.45, 7) is 2.16. The smallest absolute Gasteiger partial charge is 0.0212 e. The van der Waals surface area contributed by atoms with E-state index < -0.39 is 0 Å². The Morgan fingerprint density at radius 1 is 0.556 bits per heavy atom. The van der Waals surface area contributed by atoms with Crippen molar-refractivity contribution in [3.63, 3.8) is 0 Å². The zero-order valence-corrected chi connectivity index (χ0v) is 13.0. The third-order valence-corrected chi connectivity index (χ3v) is 2.62. The maximum atomic E-state index is 3.35. The second-order valence-corrected chi connectivity index (χ2v) is 4.51. The quantitative estimate of drug-likeness (QED) is 0.336. The predicted molar refractivity (Wildman–Crippen MR) is 88.3 cm³/mol. The van der Waals surface area contributed by atoms with Crippen LogP contribution in [0.15, 0.2) is 60.8 Å². The third-order valence-electron chi connectivity index (χ3n) is 2.25. The van der Waals surface area contributed by atoms with Crippen molar-refractivity contribution in [1.82, 2.24) is 0 Å². The van der Waals surface area contributed by atoms with Gasteiger partial charge in [0.05, 0.1) is 0 Å². The zero-order chi connectivity index (χ0) is 13.3. The molecule has 0 aliphatic rings. The van der Waals surface area contributed by atoms with E-state index in [1.165, 1.54) is 0 Å². The van der Waals surface area contributed by atoms with Crippen molar-refractivity contribution in [1.29, 1.82) is 0 Å². The number of hydrogen-bond donors (Lipinski definition) is 0. The molecule has 0 aromatic heterocycles. The first-order valence-electron chi connectivity index (χ1n) is 6.72. The number of alkyl halides is 1. The molecule has 0 unspecified atom stereocenters. The van der Waals surface area contributed by atoms with E-state index in [9.17, 15) is 0 Å². The van der Waals surface area contributed by atoms with Crippen molar-refractivity contribution in [2.24, 2.45) is 0 Å². The van der Waals surface area contributed by atoms with E-state index >= 15 is 0 Å². The Balaban J connectivity index is 3.42. The summed E-state index contributed by atoms with van der Waals surface area (Å²) in [6, 6.07) is 0. The van der Waals surface area contributed by atoms with Crippen molar-refractivity contribution >= 4 is 15.9 Å². The maximum absolute atomic E-state index is 3.35. The molecule has 0 aromatic rings. The highest BCUT2D eigenvalue weighted by atomic mass is 79.9. The Kier molecular flexibility index (Phi) is 15.4. The van der Waals surface area contributed by atoms with Gasteiger partial charge in [-0.15, -0.1) is 0 Å². The van der Waals surface area contributed by atoms with Crippen molar-refractivity contribution in [2.75, 3.05) is 5.33 Å². The molecule has 0 aliphatic heterocycles. The van der Waals surface area contributed by atoms with Gasteiger partial charge in [-0.3, -0.25) is 0 Å². The second-order valence-electron chi connectivity index (χ2n) is 3.86. The molecule has 0 spiro atoms. The van der Waals surface area contributed by atoms with Crippen LogP contribution in [0.2, 0.25) is 0 Å². The molecule has 0 bridgehead atoms. The van der Waals surface area contributed by atoms with Gasteiger partial charge in [0.15, 0.2) is 0 Å². The van der Waals surface area contributed by atoms with E-state index in [1.807, 2.05) is 0 Å². The predicted octanol–water partition coefficient (Wildman–Crippen LogP) is 6.13. The lowest BCUT2D eigenvalue weighted by molar-refractivity contribution is 1.19. The number of rotatable bonds is 10. The SMILES string of the molecule is CC/C=C\C/C=C\C/C=C\C/C=C\C/C=C\CBr. The summed E-state index contributed by atoms with van der Waals surface area (Å²) in [5.41, 5.74) is 0. The molecule has 0 aliphatic carbocycles. The first kappa shape index (κ1) is 17.2. The molecule has 100 valence electrons. The fourth-order valence-corrected chi connectivity index (χ4v) is 1.58. The number of halogens is 1. The lowest BCUT2D eigenvalue weighted by Gasteiger charge is -1.85. The minimum Gasteiger partial charge on any atom is -0.0885 e. The molecule has 0 saturated heterocycles. The lowest BCUT2D eigenvalue weighted by atomic mass is 10.2. The van der Waals surface area contributed by atoms with Crippen LogP contribution in [0.1, 0.15) is 39.0 Å². The Morgan fingerprint density at radius 3 is 1.22 bits per heavy atom. The third kappa shape index (κ3) is 15.2. The van der Waals surface area contributed by atoms with Gasteiger partial charge in [-0.05, 0) is 32.1 Å². The van der Waals surface area contributed by atoms with Crippen LogP contribution in [0.25, 0.3) is 0 Å². The van der Waals surface area contributed by atoms with Gasteiger partial charge in [0.25, 0.3) is 0 Å². The number of hydrogen-bond acceptors (Lipinski definition) is 0. The van der Waals surface area contributed by atoms with Crippen LogP contribution in [0.3, 0.4) is 0 Å². The van der Waals surface area contributed by atoms with Crippen molar-refractivity contribution in [3.05, 3.63) is 60.8 Å². The molecule has 0 saturated carbocycles. The van der Waals surface area contributed by atoms with Crippen LogP contribution in [0, 0.1) is 0 Å². The normalized spacial score (nSPS) is 13.2. The zero-order valence-electron chi connectivity index (χ0n) is 11.4. The van der Waals surface area contributed by atoms with Crippen LogP contribution in [-0.2, 0) is 0 Å². The fraction of sp³-hybridized carbons (Fsp3) is 0.412. The maximum Gasteiger partial charge on any atom is 0.0212 e. The average Bonchev–Trinajstić information content (AvgIpc) is 2.39. The van der Waals surface area contributed by atoms with Gasteiger partial charge in [0, 0.05) is 5.33 Å². The summed E-state index contributed by atoms with van der Waals surface area (Å²) in [6.07, 6.45) is 27.3. The monoisotopic (exact) mass is 308 g/mol. The summed E-state index contributed by atoms with van der Waals surface area (Å²) >= 11 is 3.35. The molecule has 0 N–H and O–H groups in total. The molecule has 1 heteroatoms. The largest absolute Gasteiger partial charge is 0.0885 e. The minimum atomic E-state index is 0.945. The Hall–Kier alpha value is -0.820. The van der Waals surface area contributed by atoms with Gasteiger partial charge in [-0.2, -0.15) is 0 Å². The fourth-order valence-electron chi connectivity index (χ4n) is 1.31. The molecule has 0 aromatic carbocycles. The van der Waals surface area contributed by atoms with Crippen LogP contribution in [0.4, 0.5) is 0 Å². The van der Waals surface area contributed by atoms with Crippen molar-refractivity contribution in [2.45, 2.75) is 39.0 Å². The van der Waals surface area contributed by atoms with E-state index in [2.05, 4.69) is 83.6 Å². The van der Waals surface area contributed by atoms with Gasteiger partial charge >= 0.3 is 0 Å². The van der Waals surface area contributed by atoms with Crippen molar-refractivity contribution in [3.8, 4) is 0 Å². The molecule has 0 amide bonds. The Labute approximate surface area is 121 Å². The Morgan fingerprint density at radius 2 is 0.889 bits per heavy atom. The lowest BCUT2D eigenvalue weighted by Crippen LogP contribution is -1.64. The highest BCUT2D eigenvalue weighted by Crippen LogP contribution is 1.95. The summed E-state index contributed by atoms with van der Waals surface area (Å²) in [5, 5.41) is 0.945. The van der Waals surface area contributed by atoms with Crippen LogP contribution >= 0.6 is 15.9 Å². The van der Waals surface area contributed by atoms with E-state index in [-0.39, 0.29) is 0 Å². The molecular weight excluding hydrogens is 284 g/mol. The molecule has 0 radical (unpaired) electrons. The molecule has 0 nitrogen and oxygen atoms in total. The molecule has 0 atom stereocenters. The standard InChI is InChI=1S/C17H25Br/c1-2-3-4-5-6-7-8-9-10-11-12-13-14-15-16-17-18/h3-4,6-7,9-10,12-13,15-16H,2,5,8,11,14,17H2,1H3/b4-3-,7-6-,10-9-,13-12-,16-15-. The summed E-state index contributed by atoms with van der Waals surface area (Å²) in [5.74, 6) is 0. The number of allylic oxidation sites excluding steroid dienone is 10. The van der Waals surface area contributed by atoms with E-state index in [1.54, 1.807) is 0 Å². The average molecular weight is 309 g/mol. The molecular formula is C17H25Br. The second kappa shape index (κ2) is 16.2. The van der Waals surface area contributed by atoms with Crippen LogP contribution in [0.5, 0.6) is 0 Å².